The van der Waals surface area contributed by atoms with Gasteiger partial charge in [0.05, 0.1) is 5.69 Å². The zero-order valence-corrected chi connectivity index (χ0v) is 18.9. The summed E-state index contributed by atoms with van der Waals surface area (Å²) in [6.45, 7) is 0.0846. The molecule has 3 aliphatic rings. The van der Waals surface area contributed by atoms with Gasteiger partial charge in [-0.2, -0.15) is 0 Å². The smallest absolute Gasteiger partial charge is 0.323 e. The zero-order chi connectivity index (χ0) is 22.1. The summed E-state index contributed by atoms with van der Waals surface area (Å²) in [5.74, 6) is -0.430. The second kappa shape index (κ2) is 8.65. The molecule has 1 aromatic heterocycles. The maximum atomic E-state index is 12.8. The molecule has 0 bridgehead atoms. The summed E-state index contributed by atoms with van der Waals surface area (Å²) in [5.41, 5.74) is 4.01. The molecule has 1 spiro atoms. The van der Waals surface area contributed by atoms with Crippen LogP contribution in [0.5, 0.6) is 0 Å². The van der Waals surface area contributed by atoms with Gasteiger partial charge in [0.25, 0.3) is 5.91 Å². The van der Waals surface area contributed by atoms with Crippen LogP contribution < -0.4 is 10.6 Å². The van der Waals surface area contributed by atoms with E-state index in [9.17, 15) is 14.4 Å². The average Bonchev–Trinajstić information content (AvgIpc) is 3.35. The first-order chi connectivity index (χ1) is 15.5. The Morgan fingerprint density at radius 1 is 1.09 bits per heavy atom. The topological polar surface area (TPSA) is 91.4 Å². The van der Waals surface area contributed by atoms with Crippen LogP contribution >= 0.6 is 11.3 Å². The lowest BCUT2D eigenvalue weighted by molar-refractivity contribution is -0.132. The molecule has 2 heterocycles. The fourth-order valence-electron chi connectivity index (χ4n) is 5.13. The monoisotopic (exact) mass is 452 g/mol. The number of urea groups is 1. The van der Waals surface area contributed by atoms with Crippen LogP contribution in [0.3, 0.4) is 0 Å². The van der Waals surface area contributed by atoms with E-state index in [1.807, 2.05) is 5.38 Å². The van der Waals surface area contributed by atoms with E-state index < -0.39 is 5.54 Å². The van der Waals surface area contributed by atoms with Crippen molar-refractivity contribution in [3.63, 3.8) is 0 Å². The number of carbonyl (C=O) groups excluding carboxylic acids is 3. The van der Waals surface area contributed by atoms with Crippen molar-refractivity contribution >= 4 is 34.3 Å². The molecule has 2 fully saturated rings. The van der Waals surface area contributed by atoms with E-state index in [4.69, 9.17) is 0 Å². The number of carbonyl (C=O) groups is 3. The average molecular weight is 453 g/mol. The number of aryl methyl sites for hydroxylation is 2. The lowest BCUT2D eigenvalue weighted by Gasteiger charge is -2.30. The van der Waals surface area contributed by atoms with Gasteiger partial charge in [0, 0.05) is 23.9 Å². The molecule has 7 nitrogen and oxygen atoms in total. The van der Waals surface area contributed by atoms with Crippen LogP contribution in [0, 0.1) is 0 Å². The summed E-state index contributed by atoms with van der Waals surface area (Å²) in [6.07, 6.45) is 9.15. The number of fused-ring (bicyclic) bond motifs is 1. The largest absolute Gasteiger partial charge is 0.325 e. The summed E-state index contributed by atoms with van der Waals surface area (Å²) in [7, 11) is 0. The first kappa shape index (κ1) is 21.1. The van der Waals surface area contributed by atoms with Crippen LogP contribution in [0.25, 0.3) is 11.3 Å². The number of aromatic nitrogens is 1. The first-order valence-corrected chi connectivity index (χ1v) is 12.4. The van der Waals surface area contributed by atoms with Crippen molar-refractivity contribution in [2.45, 2.75) is 69.7 Å². The number of amides is 4. The van der Waals surface area contributed by atoms with Crippen molar-refractivity contribution in [1.82, 2.24) is 15.2 Å². The van der Waals surface area contributed by atoms with Gasteiger partial charge in [0.15, 0.2) is 5.13 Å². The molecule has 0 unspecified atom stereocenters. The predicted octanol–water partition coefficient (Wildman–Crippen LogP) is 4.27. The summed E-state index contributed by atoms with van der Waals surface area (Å²) in [6, 6.07) is 6.13. The molecule has 0 radical (unpaired) electrons. The van der Waals surface area contributed by atoms with Crippen molar-refractivity contribution in [1.29, 1.82) is 0 Å². The zero-order valence-electron chi connectivity index (χ0n) is 18.1. The van der Waals surface area contributed by atoms with E-state index in [1.165, 1.54) is 40.2 Å². The molecule has 1 saturated carbocycles. The molecule has 4 amide bonds. The van der Waals surface area contributed by atoms with E-state index in [2.05, 4.69) is 33.8 Å². The number of nitrogens with one attached hydrogen (secondary N) is 2. The highest BCUT2D eigenvalue weighted by Gasteiger charge is 2.51. The molecule has 5 rings (SSSR count). The van der Waals surface area contributed by atoms with Gasteiger partial charge < -0.3 is 10.6 Å². The van der Waals surface area contributed by atoms with Gasteiger partial charge in [-0.05, 0) is 55.7 Å². The van der Waals surface area contributed by atoms with Crippen molar-refractivity contribution in [2.75, 3.05) is 11.9 Å². The third kappa shape index (κ3) is 4.03. The Morgan fingerprint density at radius 3 is 2.69 bits per heavy atom. The van der Waals surface area contributed by atoms with Gasteiger partial charge in [-0.15, -0.1) is 11.3 Å². The molecule has 168 valence electrons. The van der Waals surface area contributed by atoms with E-state index in [0.29, 0.717) is 18.0 Å². The fraction of sp³-hybridized carbons (Fsp3) is 0.500. The Bertz CT molecular complexity index is 1060. The van der Waals surface area contributed by atoms with Gasteiger partial charge >= 0.3 is 6.03 Å². The number of imide groups is 1. The Morgan fingerprint density at radius 2 is 1.88 bits per heavy atom. The van der Waals surface area contributed by atoms with Crippen LogP contribution in [0.2, 0.25) is 0 Å². The number of hydrogen-bond donors (Lipinski definition) is 2. The van der Waals surface area contributed by atoms with Gasteiger partial charge in [0.1, 0.15) is 5.54 Å². The van der Waals surface area contributed by atoms with E-state index in [1.54, 1.807) is 0 Å². The maximum Gasteiger partial charge on any atom is 0.325 e. The standard InChI is InChI=1S/C24H28N4O3S/c29-20(10-13-28-21(30)24(27-23(28)31)11-4-1-5-12-24)26-22-25-19(15-32-22)18-9-8-16-6-2-3-7-17(16)14-18/h8-9,14-15H,1-7,10-13H2,(H,27,31)(H,25,26,29). The second-order valence-electron chi connectivity index (χ2n) is 9.06. The number of hydrogen-bond acceptors (Lipinski definition) is 5. The molecule has 32 heavy (non-hydrogen) atoms. The summed E-state index contributed by atoms with van der Waals surface area (Å²) in [4.78, 5) is 43.4. The van der Waals surface area contributed by atoms with Gasteiger partial charge in [-0.3, -0.25) is 14.5 Å². The van der Waals surface area contributed by atoms with Gasteiger partial charge in [-0.25, -0.2) is 9.78 Å². The number of anilines is 1. The third-order valence-electron chi connectivity index (χ3n) is 6.91. The maximum absolute atomic E-state index is 12.8. The normalized spacial score (nSPS) is 19.7. The van der Waals surface area contributed by atoms with Crippen molar-refractivity contribution in [2.24, 2.45) is 0 Å². The minimum Gasteiger partial charge on any atom is -0.323 e. The number of thiazole rings is 1. The molecule has 1 aliphatic heterocycles. The number of nitrogens with zero attached hydrogens (tertiary/aromatic N) is 2. The Balaban J connectivity index is 1.18. The Kier molecular flexibility index (Phi) is 5.71. The first-order valence-electron chi connectivity index (χ1n) is 11.6. The van der Waals surface area contributed by atoms with Gasteiger partial charge in [0.2, 0.25) is 5.91 Å². The highest BCUT2D eigenvalue weighted by atomic mass is 32.1. The summed E-state index contributed by atoms with van der Waals surface area (Å²) >= 11 is 1.38. The van der Waals surface area contributed by atoms with Crippen LogP contribution in [-0.4, -0.2) is 39.8 Å². The minimum absolute atomic E-state index is 0.0585. The SMILES string of the molecule is O=C(CCN1C(=O)NC2(CCCCC2)C1=O)Nc1nc(-c2ccc3c(c2)CCCC3)cs1. The molecule has 0 atom stereocenters. The van der Waals surface area contributed by atoms with Crippen LogP contribution in [0.15, 0.2) is 23.6 Å². The van der Waals surface area contributed by atoms with Crippen LogP contribution in [0.1, 0.15) is 62.5 Å². The minimum atomic E-state index is -0.745. The van der Waals surface area contributed by atoms with E-state index >= 15 is 0 Å². The molecule has 1 aromatic carbocycles. The van der Waals surface area contributed by atoms with E-state index in [-0.39, 0.29) is 30.8 Å². The molecule has 2 aromatic rings. The summed E-state index contributed by atoms with van der Waals surface area (Å²) < 4.78 is 0. The highest BCUT2D eigenvalue weighted by Crippen LogP contribution is 2.34. The molecule has 1 saturated heterocycles. The van der Waals surface area contributed by atoms with Crippen molar-refractivity contribution in [3.8, 4) is 11.3 Å². The molecule has 2 N–H and O–H groups in total. The molecule has 8 heteroatoms. The summed E-state index contributed by atoms with van der Waals surface area (Å²) in [5, 5.41) is 8.18. The van der Waals surface area contributed by atoms with Crippen LogP contribution in [0.4, 0.5) is 9.93 Å². The number of benzene rings is 1. The molecular weight excluding hydrogens is 424 g/mol. The Hall–Kier alpha value is -2.74. The third-order valence-corrected chi connectivity index (χ3v) is 7.67. The Labute approximate surface area is 191 Å². The van der Waals surface area contributed by atoms with E-state index in [0.717, 1.165) is 43.4 Å². The van der Waals surface area contributed by atoms with Crippen molar-refractivity contribution < 1.29 is 14.4 Å². The van der Waals surface area contributed by atoms with Crippen molar-refractivity contribution in [3.05, 3.63) is 34.7 Å². The molecule has 2 aliphatic carbocycles. The molecular formula is C24H28N4O3S. The lowest BCUT2D eigenvalue weighted by atomic mass is 9.82. The fourth-order valence-corrected chi connectivity index (χ4v) is 5.86. The lowest BCUT2D eigenvalue weighted by Crippen LogP contribution is -2.48. The predicted molar refractivity (Wildman–Crippen MR) is 123 cm³/mol. The quantitative estimate of drug-likeness (QED) is 0.663. The van der Waals surface area contributed by atoms with Gasteiger partial charge in [-0.1, -0.05) is 31.4 Å². The number of rotatable bonds is 5. The second-order valence-corrected chi connectivity index (χ2v) is 9.91. The van der Waals surface area contributed by atoms with Crippen LogP contribution in [-0.2, 0) is 22.4 Å². The highest BCUT2D eigenvalue weighted by molar-refractivity contribution is 7.14.